The topological polar surface area (TPSA) is 66.5 Å². The first-order valence-corrected chi connectivity index (χ1v) is 7.48. The van der Waals surface area contributed by atoms with Crippen LogP contribution in [0, 0.1) is 17.8 Å². The summed E-state index contributed by atoms with van der Waals surface area (Å²) in [6.45, 7) is 1.90. The maximum Gasteiger partial charge on any atom is 0.271 e. The van der Waals surface area contributed by atoms with Crippen LogP contribution >= 0.6 is 11.6 Å². The number of nitrogens with one attached hydrogen (secondary N) is 1. The van der Waals surface area contributed by atoms with Gasteiger partial charge < -0.3 is 0 Å². The van der Waals surface area contributed by atoms with Crippen molar-refractivity contribution >= 4 is 29.3 Å². The minimum atomic E-state index is -0.563. The fraction of sp³-hybridized carbons (Fsp3) is 0.312. The third-order valence-corrected chi connectivity index (χ3v) is 4.53. The fourth-order valence-corrected chi connectivity index (χ4v) is 3.29. The molecule has 1 heterocycles. The van der Waals surface area contributed by atoms with Gasteiger partial charge in [-0.1, -0.05) is 42.8 Å². The van der Waals surface area contributed by atoms with E-state index in [4.69, 9.17) is 11.6 Å². The van der Waals surface area contributed by atoms with Crippen LogP contribution in [-0.4, -0.2) is 22.7 Å². The van der Waals surface area contributed by atoms with Crippen molar-refractivity contribution in [1.29, 1.82) is 0 Å². The maximum absolute atomic E-state index is 12.4. The van der Waals surface area contributed by atoms with E-state index < -0.39 is 11.8 Å². The largest absolute Gasteiger partial charge is 0.272 e. The summed E-state index contributed by atoms with van der Waals surface area (Å²) in [5.74, 6) is -2.08. The Morgan fingerprint density at radius 1 is 1.27 bits per heavy atom. The number of carbonyl (C=O) groups excluding carboxylic acids is 3. The highest BCUT2D eigenvalue weighted by Crippen LogP contribution is 2.37. The van der Waals surface area contributed by atoms with Crippen molar-refractivity contribution < 1.29 is 14.4 Å². The first-order chi connectivity index (χ1) is 10.5. The van der Waals surface area contributed by atoms with Crippen molar-refractivity contribution in [3.05, 3.63) is 47.0 Å². The molecule has 114 valence electrons. The summed E-state index contributed by atoms with van der Waals surface area (Å²) in [4.78, 5) is 37.0. The number of allylic oxidation sites excluding steroid dienone is 2. The molecule has 5 nitrogen and oxygen atoms in total. The van der Waals surface area contributed by atoms with Crippen molar-refractivity contribution in [3.63, 3.8) is 0 Å². The molecular formula is C16H15ClN2O3. The molecule has 0 spiro atoms. The third kappa shape index (κ3) is 2.31. The van der Waals surface area contributed by atoms with Gasteiger partial charge in [-0.15, -0.1) is 0 Å². The van der Waals surface area contributed by atoms with Crippen LogP contribution in [0.2, 0.25) is 5.02 Å². The fourth-order valence-electron chi connectivity index (χ4n) is 3.06. The number of rotatable bonds is 2. The summed E-state index contributed by atoms with van der Waals surface area (Å²) in [5, 5.41) is 1.12. The Morgan fingerprint density at radius 3 is 2.68 bits per heavy atom. The normalized spacial score (nSPS) is 27.0. The third-order valence-electron chi connectivity index (χ3n) is 4.20. The van der Waals surface area contributed by atoms with Gasteiger partial charge >= 0.3 is 0 Å². The van der Waals surface area contributed by atoms with Crippen molar-refractivity contribution in [3.8, 4) is 0 Å². The zero-order chi connectivity index (χ0) is 15.9. The molecule has 1 N–H and O–H groups in total. The van der Waals surface area contributed by atoms with E-state index in [1.165, 1.54) is 0 Å². The Bertz CT molecular complexity index is 686. The maximum atomic E-state index is 12.4. The lowest BCUT2D eigenvalue weighted by molar-refractivity contribution is -0.142. The SMILES string of the molecule is C[C@@H]1C=CC[C@@H]2C(=O)N(NC(=O)c3ccccc3Cl)C(=O)[C@H]12. The lowest BCUT2D eigenvalue weighted by atomic mass is 9.78. The van der Waals surface area contributed by atoms with E-state index in [0.29, 0.717) is 6.42 Å². The van der Waals surface area contributed by atoms with Crippen molar-refractivity contribution in [2.45, 2.75) is 13.3 Å². The average molecular weight is 319 g/mol. The van der Waals surface area contributed by atoms with E-state index in [9.17, 15) is 14.4 Å². The molecule has 1 aliphatic carbocycles. The summed E-state index contributed by atoms with van der Waals surface area (Å²) in [5.41, 5.74) is 2.62. The zero-order valence-corrected chi connectivity index (χ0v) is 12.7. The van der Waals surface area contributed by atoms with Gasteiger partial charge in [-0.2, -0.15) is 5.01 Å². The van der Waals surface area contributed by atoms with Gasteiger partial charge in [-0.3, -0.25) is 19.8 Å². The molecule has 3 rings (SSSR count). The van der Waals surface area contributed by atoms with Crippen LogP contribution in [-0.2, 0) is 9.59 Å². The number of amides is 3. The van der Waals surface area contributed by atoms with Gasteiger partial charge in [0, 0.05) is 0 Å². The predicted octanol–water partition coefficient (Wildman–Crippen LogP) is 2.18. The van der Waals surface area contributed by atoms with E-state index in [1.807, 2.05) is 19.1 Å². The van der Waals surface area contributed by atoms with E-state index >= 15 is 0 Å². The number of hydrogen-bond donors (Lipinski definition) is 1. The molecule has 1 fully saturated rings. The highest BCUT2D eigenvalue weighted by molar-refractivity contribution is 6.33. The van der Waals surface area contributed by atoms with Crippen molar-refractivity contribution in [2.75, 3.05) is 0 Å². The molecule has 3 amide bonds. The number of hydrogen-bond acceptors (Lipinski definition) is 3. The molecule has 0 unspecified atom stereocenters. The second-order valence-corrected chi connectivity index (χ2v) is 6.00. The smallest absolute Gasteiger partial charge is 0.271 e. The molecule has 1 aromatic rings. The standard InChI is InChI=1S/C16H15ClN2O3/c1-9-5-4-7-11-13(9)16(22)19(15(11)21)18-14(20)10-6-2-3-8-12(10)17/h2-6,8-9,11,13H,7H2,1H3,(H,18,20)/t9-,11+,13-/m1/s1. The van der Waals surface area contributed by atoms with Gasteiger partial charge in [0.25, 0.3) is 17.7 Å². The van der Waals surface area contributed by atoms with Gasteiger partial charge in [0.1, 0.15) is 0 Å². The van der Waals surface area contributed by atoms with Crippen LogP contribution in [0.4, 0.5) is 0 Å². The summed E-state index contributed by atoms with van der Waals surface area (Å²) in [6, 6.07) is 6.49. The number of benzene rings is 1. The lowest BCUT2D eigenvalue weighted by Crippen LogP contribution is -2.46. The minimum Gasteiger partial charge on any atom is -0.272 e. The van der Waals surface area contributed by atoms with E-state index in [2.05, 4.69) is 5.43 Å². The quantitative estimate of drug-likeness (QED) is 0.671. The molecule has 3 atom stereocenters. The molecule has 1 saturated heterocycles. The Labute approximate surface area is 132 Å². The molecule has 1 aliphatic heterocycles. The number of fused-ring (bicyclic) bond motifs is 1. The first kappa shape index (κ1) is 14.8. The second kappa shape index (κ2) is 5.57. The number of halogens is 1. The Morgan fingerprint density at radius 2 is 2.00 bits per heavy atom. The van der Waals surface area contributed by atoms with Crippen LogP contribution in [0.5, 0.6) is 0 Å². The molecule has 0 radical (unpaired) electrons. The monoisotopic (exact) mass is 318 g/mol. The van der Waals surface area contributed by atoms with E-state index in [0.717, 1.165) is 5.01 Å². The lowest BCUT2D eigenvalue weighted by Gasteiger charge is -2.22. The van der Waals surface area contributed by atoms with Gasteiger partial charge in [-0.05, 0) is 24.5 Å². The van der Waals surface area contributed by atoms with E-state index in [-0.39, 0.29) is 34.2 Å². The van der Waals surface area contributed by atoms with Crippen LogP contribution in [0.1, 0.15) is 23.7 Å². The van der Waals surface area contributed by atoms with Gasteiger partial charge in [0.05, 0.1) is 22.4 Å². The number of imide groups is 1. The summed E-state index contributed by atoms with van der Waals surface area (Å²) in [6.07, 6.45) is 4.38. The first-order valence-electron chi connectivity index (χ1n) is 7.10. The molecule has 2 aliphatic rings. The number of carbonyl (C=O) groups is 3. The minimum absolute atomic E-state index is 0.0163. The Kier molecular flexibility index (Phi) is 3.74. The highest BCUT2D eigenvalue weighted by Gasteiger charge is 2.50. The van der Waals surface area contributed by atoms with Crippen LogP contribution in [0.25, 0.3) is 0 Å². The van der Waals surface area contributed by atoms with Crippen LogP contribution in [0.3, 0.4) is 0 Å². The second-order valence-electron chi connectivity index (χ2n) is 5.59. The van der Waals surface area contributed by atoms with Crippen LogP contribution < -0.4 is 5.43 Å². The zero-order valence-electron chi connectivity index (χ0n) is 12.0. The molecular weight excluding hydrogens is 304 g/mol. The van der Waals surface area contributed by atoms with Crippen molar-refractivity contribution in [2.24, 2.45) is 17.8 Å². The highest BCUT2D eigenvalue weighted by atomic mass is 35.5. The van der Waals surface area contributed by atoms with E-state index in [1.54, 1.807) is 24.3 Å². The van der Waals surface area contributed by atoms with Gasteiger partial charge in [0.15, 0.2) is 0 Å². The molecule has 6 heteroatoms. The predicted molar refractivity (Wildman–Crippen MR) is 80.7 cm³/mol. The number of nitrogens with zero attached hydrogens (tertiary/aromatic N) is 1. The molecule has 0 bridgehead atoms. The molecule has 0 aromatic heterocycles. The summed E-state index contributed by atoms with van der Waals surface area (Å²) >= 11 is 5.96. The van der Waals surface area contributed by atoms with Gasteiger partial charge in [-0.25, -0.2) is 0 Å². The average Bonchev–Trinajstić information content (AvgIpc) is 2.74. The number of hydrazine groups is 1. The van der Waals surface area contributed by atoms with Gasteiger partial charge in [0.2, 0.25) is 0 Å². The van der Waals surface area contributed by atoms with Crippen LogP contribution in [0.15, 0.2) is 36.4 Å². The summed E-state index contributed by atoms with van der Waals surface area (Å²) in [7, 11) is 0. The Balaban J connectivity index is 1.82. The molecule has 1 aromatic carbocycles. The molecule has 22 heavy (non-hydrogen) atoms. The van der Waals surface area contributed by atoms with Crippen molar-refractivity contribution in [1.82, 2.24) is 10.4 Å². The summed E-state index contributed by atoms with van der Waals surface area (Å²) < 4.78 is 0. The molecule has 0 saturated carbocycles. The Hall–Kier alpha value is -2.14.